The summed E-state index contributed by atoms with van der Waals surface area (Å²) in [6.07, 6.45) is 0.673. The SMILES string of the molecule is CCCN(C[C@@H](C)Sc1ccc(OCC(=O)O)c(C)c1)S(=O)(=O)c1ccc(Cl)c(Cl)c1. The third-order valence-corrected chi connectivity index (χ3v) is 7.98. The van der Waals surface area contributed by atoms with Crippen molar-refractivity contribution in [2.24, 2.45) is 0 Å². The van der Waals surface area contributed by atoms with Crippen LogP contribution < -0.4 is 4.74 Å². The predicted molar refractivity (Wildman–Crippen MR) is 125 cm³/mol. The highest BCUT2D eigenvalue weighted by molar-refractivity contribution is 8.00. The summed E-state index contributed by atoms with van der Waals surface area (Å²) in [7, 11) is -3.72. The molecule has 1 atom stereocenters. The molecule has 0 radical (unpaired) electrons. The lowest BCUT2D eigenvalue weighted by Crippen LogP contribution is -2.36. The first kappa shape index (κ1) is 25.8. The van der Waals surface area contributed by atoms with E-state index in [4.69, 9.17) is 33.0 Å². The van der Waals surface area contributed by atoms with Gasteiger partial charge in [-0.25, -0.2) is 13.2 Å². The molecule has 0 saturated heterocycles. The third kappa shape index (κ3) is 7.29. The van der Waals surface area contributed by atoms with E-state index in [1.54, 1.807) is 6.07 Å². The maximum absolute atomic E-state index is 13.1. The highest BCUT2D eigenvalue weighted by Gasteiger charge is 2.26. The fraction of sp³-hybridized carbons (Fsp3) is 0.381. The van der Waals surface area contributed by atoms with Crippen LogP contribution in [-0.2, 0) is 14.8 Å². The average Bonchev–Trinajstić information content (AvgIpc) is 2.68. The average molecular weight is 506 g/mol. The summed E-state index contributed by atoms with van der Waals surface area (Å²) in [5.74, 6) is -0.528. The molecule has 2 aromatic carbocycles. The van der Waals surface area contributed by atoms with Gasteiger partial charge < -0.3 is 9.84 Å². The van der Waals surface area contributed by atoms with E-state index in [1.807, 2.05) is 32.9 Å². The summed E-state index contributed by atoms with van der Waals surface area (Å²) in [6.45, 7) is 6.02. The first-order valence-electron chi connectivity index (χ1n) is 9.61. The highest BCUT2D eigenvalue weighted by Crippen LogP contribution is 2.31. The minimum absolute atomic E-state index is 0.0331. The van der Waals surface area contributed by atoms with Crippen LogP contribution in [0.2, 0.25) is 10.0 Å². The predicted octanol–water partition coefficient (Wildman–Crippen LogP) is 5.35. The number of aryl methyl sites for hydroxylation is 1. The lowest BCUT2D eigenvalue weighted by atomic mass is 10.2. The Morgan fingerprint density at radius 1 is 1.19 bits per heavy atom. The number of thioether (sulfide) groups is 1. The second kappa shape index (κ2) is 11.4. The lowest BCUT2D eigenvalue weighted by Gasteiger charge is -2.25. The minimum Gasteiger partial charge on any atom is -0.482 e. The number of halogens is 2. The first-order chi connectivity index (χ1) is 14.5. The van der Waals surface area contributed by atoms with E-state index in [1.165, 1.54) is 34.3 Å². The van der Waals surface area contributed by atoms with Gasteiger partial charge in [0, 0.05) is 23.2 Å². The number of sulfonamides is 1. The Labute approximate surface area is 197 Å². The van der Waals surface area contributed by atoms with E-state index in [0.717, 1.165) is 10.5 Å². The first-order valence-corrected chi connectivity index (χ1v) is 12.7. The zero-order valence-corrected chi connectivity index (χ0v) is 20.6. The number of hydrogen-bond acceptors (Lipinski definition) is 5. The van der Waals surface area contributed by atoms with Gasteiger partial charge in [0.2, 0.25) is 10.0 Å². The van der Waals surface area contributed by atoms with E-state index in [0.29, 0.717) is 30.3 Å². The quantitative estimate of drug-likeness (QED) is 0.414. The number of carbonyl (C=O) groups is 1. The fourth-order valence-corrected chi connectivity index (χ4v) is 6.11. The number of ether oxygens (including phenoxy) is 1. The maximum atomic E-state index is 13.1. The van der Waals surface area contributed by atoms with Crippen molar-refractivity contribution in [2.45, 2.75) is 42.2 Å². The van der Waals surface area contributed by atoms with Crippen molar-refractivity contribution in [2.75, 3.05) is 19.7 Å². The van der Waals surface area contributed by atoms with Gasteiger partial charge in [0.1, 0.15) is 5.75 Å². The van der Waals surface area contributed by atoms with Gasteiger partial charge in [-0.2, -0.15) is 4.31 Å². The van der Waals surface area contributed by atoms with Crippen molar-refractivity contribution in [3.63, 3.8) is 0 Å². The Balaban J connectivity index is 2.13. The summed E-state index contributed by atoms with van der Waals surface area (Å²) in [5, 5.41) is 9.21. The molecule has 0 fully saturated rings. The number of benzene rings is 2. The molecule has 31 heavy (non-hydrogen) atoms. The van der Waals surface area contributed by atoms with Crippen molar-refractivity contribution in [3.05, 3.63) is 52.0 Å². The molecule has 2 rings (SSSR count). The highest BCUT2D eigenvalue weighted by atomic mass is 35.5. The molecule has 0 aliphatic rings. The molecular weight excluding hydrogens is 481 g/mol. The zero-order valence-electron chi connectivity index (χ0n) is 17.5. The minimum atomic E-state index is -3.72. The molecule has 0 unspecified atom stereocenters. The molecule has 0 aliphatic carbocycles. The summed E-state index contributed by atoms with van der Waals surface area (Å²) in [4.78, 5) is 11.7. The Kier molecular flexibility index (Phi) is 9.51. The summed E-state index contributed by atoms with van der Waals surface area (Å²) >= 11 is 13.5. The van der Waals surface area contributed by atoms with Crippen LogP contribution in [0.3, 0.4) is 0 Å². The van der Waals surface area contributed by atoms with Crippen LogP contribution >= 0.6 is 35.0 Å². The summed E-state index contributed by atoms with van der Waals surface area (Å²) in [5.41, 5.74) is 0.812. The van der Waals surface area contributed by atoms with E-state index >= 15 is 0 Å². The van der Waals surface area contributed by atoms with Crippen LogP contribution in [0, 0.1) is 6.92 Å². The number of nitrogens with zero attached hydrogens (tertiary/aromatic N) is 1. The molecular formula is C21H25Cl2NO5S2. The Morgan fingerprint density at radius 2 is 1.90 bits per heavy atom. The molecule has 0 aliphatic heterocycles. The molecule has 0 amide bonds. The van der Waals surface area contributed by atoms with Gasteiger partial charge in [0.05, 0.1) is 14.9 Å². The number of carboxylic acid groups (broad SMARTS) is 1. The van der Waals surface area contributed by atoms with Gasteiger partial charge >= 0.3 is 5.97 Å². The van der Waals surface area contributed by atoms with E-state index < -0.39 is 22.6 Å². The zero-order chi connectivity index (χ0) is 23.2. The molecule has 10 heteroatoms. The van der Waals surface area contributed by atoms with Crippen LogP contribution in [0.4, 0.5) is 0 Å². The molecule has 0 saturated carbocycles. The largest absolute Gasteiger partial charge is 0.482 e. The van der Waals surface area contributed by atoms with Gasteiger partial charge in [0.15, 0.2) is 6.61 Å². The molecule has 2 aromatic rings. The standard InChI is InChI=1S/C21H25Cl2NO5S2/c1-4-9-24(31(27,28)17-6-7-18(22)19(23)11-17)12-15(3)30-16-5-8-20(14(2)10-16)29-13-21(25)26/h5-8,10-11,15H,4,9,12-13H2,1-3H3,(H,25,26)/t15-/m1/s1. The molecule has 0 aromatic heterocycles. The Morgan fingerprint density at radius 3 is 2.48 bits per heavy atom. The number of carboxylic acids is 1. The normalized spacial score (nSPS) is 12.7. The number of rotatable bonds is 11. The van der Waals surface area contributed by atoms with E-state index in [-0.39, 0.29) is 15.2 Å². The maximum Gasteiger partial charge on any atom is 0.341 e. The van der Waals surface area contributed by atoms with Crippen LogP contribution in [0.5, 0.6) is 5.75 Å². The van der Waals surface area contributed by atoms with E-state index in [9.17, 15) is 13.2 Å². The topological polar surface area (TPSA) is 83.9 Å². The number of hydrogen-bond donors (Lipinski definition) is 1. The van der Waals surface area contributed by atoms with E-state index in [2.05, 4.69) is 0 Å². The summed E-state index contributed by atoms with van der Waals surface area (Å²) < 4.78 is 33.0. The molecule has 0 bridgehead atoms. The van der Waals surface area contributed by atoms with Gasteiger partial charge in [-0.05, 0) is 55.3 Å². The van der Waals surface area contributed by atoms with Gasteiger partial charge in [-0.15, -0.1) is 11.8 Å². The molecule has 6 nitrogen and oxygen atoms in total. The van der Waals surface area contributed by atoms with Crippen molar-refractivity contribution in [1.82, 2.24) is 4.31 Å². The fourth-order valence-electron chi connectivity index (χ4n) is 2.90. The Hall–Kier alpha value is -1.45. The van der Waals surface area contributed by atoms with Gasteiger partial charge in [-0.3, -0.25) is 0 Å². The van der Waals surface area contributed by atoms with Crippen molar-refractivity contribution in [3.8, 4) is 5.75 Å². The second-order valence-electron chi connectivity index (χ2n) is 6.98. The lowest BCUT2D eigenvalue weighted by molar-refractivity contribution is -0.139. The van der Waals surface area contributed by atoms with Crippen LogP contribution in [-0.4, -0.2) is 48.7 Å². The monoisotopic (exact) mass is 505 g/mol. The molecule has 0 heterocycles. The molecule has 0 spiro atoms. The Bertz CT molecular complexity index is 1030. The van der Waals surface area contributed by atoms with Gasteiger partial charge in [-0.1, -0.05) is 37.0 Å². The van der Waals surface area contributed by atoms with Gasteiger partial charge in [0.25, 0.3) is 0 Å². The van der Waals surface area contributed by atoms with Crippen LogP contribution in [0.1, 0.15) is 25.8 Å². The second-order valence-corrected chi connectivity index (χ2v) is 11.2. The van der Waals surface area contributed by atoms with Crippen molar-refractivity contribution < 1.29 is 23.1 Å². The summed E-state index contributed by atoms with van der Waals surface area (Å²) in [6, 6.07) is 9.78. The smallest absolute Gasteiger partial charge is 0.341 e. The third-order valence-electron chi connectivity index (χ3n) is 4.30. The number of aliphatic carboxylic acids is 1. The van der Waals surface area contributed by atoms with Crippen molar-refractivity contribution >= 4 is 51.0 Å². The van der Waals surface area contributed by atoms with Crippen LogP contribution in [0.15, 0.2) is 46.2 Å². The van der Waals surface area contributed by atoms with Crippen LogP contribution in [0.25, 0.3) is 0 Å². The molecule has 170 valence electrons. The molecule has 1 N–H and O–H groups in total. The van der Waals surface area contributed by atoms with Crippen molar-refractivity contribution in [1.29, 1.82) is 0 Å².